The van der Waals surface area contributed by atoms with E-state index in [4.69, 9.17) is 0 Å². The Hall–Kier alpha value is -1.57. The molecule has 0 saturated carbocycles. The smallest absolute Gasteiger partial charge is 0.149 e. The first-order valence-electron chi connectivity index (χ1n) is 3.62. The molecule has 0 bridgehead atoms. The van der Waals surface area contributed by atoms with Gasteiger partial charge in [0.1, 0.15) is 6.29 Å². The predicted octanol–water partition coefficient (Wildman–Crippen LogP) is 0.895. The molecule has 0 aliphatic heterocycles. The second kappa shape index (κ2) is 3.72. The molecule has 0 unspecified atom stereocenters. The number of carbonyl (C=O) groups is 1. The molecule has 0 atom stereocenters. The fourth-order valence-electron chi connectivity index (χ4n) is 0.910. The van der Waals surface area contributed by atoms with Crippen LogP contribution in [0.3, 0.4) is 0 Å². The second-order valence-electron chi connectivity index (χ2n) is 2.56. The van der Waals surface area contributed by atoms with Gasteiger partial charge in [0.25, 0.3) is 0 Å². The highest BCUT2D eigenvalue weighted by Crippen LogP contribution is 2.11. The van der Waals surface area contributed by atoms with Gasteiger partial charge in [-0.05, 0) is 12.5 Å². The second-order valence-corrected chi connectivity index (χ2v) is 2.56. The summed E-state index contributed by atoms with van der Waals surface area (Å²) in [4.78, 5) is 10.4. The van der Waals surface area contributed by atoms with E-state index in [9.17, 15) is 9.90 Å². The average molecular weight is 161 g/mol. The van der Waals surface area contributed by atoms with Gasteiger partial charge < -0.3 is 5.11 Å². The molecular weight excluding hydrogens is 152 g/mol. The lowest BCUT2D eigenvalue weighted by molar-refractivity contribution is -0.273. The lowest BCUT2D eigenvalue weighted by Gasteiger charge is -2.02. The number of allylic oxidation sites excluding steroid dienone is 1. The van der Waals surface area contributed by atoms with Crippen LogP contribution in [0, 0.1) is 6.92 Å². The average Bonchev–Trinajstić information content (AvgIpc) is 2.10. The Kier molecular flexibility index (Phi) is 2.64. The third-order valence-corrected chi connectivity index (χ3v) is 1.64. The van der Waals surface area contributed by atoms with Crippen molar-refractivity contribution >= 4 is 11.9 Å². The molecule has 0 fully saturated rings. The van der Waals surface area contributed by atoms with Gasteiger partial charge in [-0.1, -0.05) is 29.8 Å². The summed E-state index contributed by atoms with van der Waals surface area (Å²) in [7, 11) is 0. The van der Waals surface area contributed by atoms with Crippen LogP contribution in [-0.4, -0.2) is 6.29 Å². The van der Waals surface area contributed by atoms with Crippen LogP contribution < -0.4 is 5.11 Å². The van der Waals surface area contributed by atoms with Gasteiger partial charge in [-0.2, -0.15) is 0 Å². The summed E-state index contributed by atoms with van der Waals surface area (Å²) in [6.07, 6.45) is 1.13. The molecular formula is C10H9O2-. The maximum absolute atomic E-state index is 10.4. The van der Waals surface area contributed by atoms with Crippen LogP contribution in [-0.2, 0) is 4.79 Å². The number of aldehydes is 1. The summed E-state index contributed by atoms with van der Waals surface area (Å²) in [6, 6.07) is 7.24. The monoisotopic (exact) mass is 161 g/mol. The first-order chi connectivity index (χ1) is 5.77. The quantitative estimate of drug-likeness (QED) is 0.367. The van der Waals surface area contributed by atoms with E-state index in [0.717, 1.165) is 5.56 Å². The zero-order valence-corrected chi connectivity index (χ0v) is 6.78. The first-order valence-corrected chi connectivity index (χ1v) is 3.62. The fourth-order valence-corrected chi connectivity index (χ4v) is 0.910. The molecule has 62 valence electrons. The van der Waals surface area contributed by atoms with E-state index in [1.807, 2.05) is 19.1 Å². The van der Waals surface area contributed by atoms with E-state index in [-0.39, 0.29) is 5.57 Å². The van der Waals surface area contributed by atoms with E-state index in [1.165, 1.54) is 0 Å². The molecule has 1 rings (SSSR count). The Bertz CT molecular complexity index is 296. The lowest BCUT2D eigenvalue weighted by atomic mass is 10.1. The summed E-state index contributed by atoms with van der Waals surface area (Å²) in [5.74, 6) is 0. The maximum Gasteiger partial charge on any atom is 0.149 e. The Morgan fingerprint density at radius 2 is 1.92 bits per heavy atom. The zero-order chi connectivity index (χ0) is 8.97. The highest BCUT2D eigenvalue weighted by molar-refractivity contribution is 6.06. The standard InChI is InChI=1S/C10H10O2/c1-8-2-4-9(5-3-8)10(6-11)7-12/h2-7,11H,1H3/p-1/b10-6-. The van der Waals surface area contributed by atoms with Gasteiger partial charge in [0.15, 0.2) is 0 Å². The van der Waals surface area contributed by atoms with Crippen LogP contribution in [0.5, 0.6) is 0 Å². The summed E-state index contributed by atoms with van der Waals surface area (Å²) < 4.78 is 0. The predicted molar refractivity (Wildman–Crippen MR) is 45.2 cm³/mol. The third kappa shape index (κ3) is 1.72. The molecule has 2 nitrogen and oxygen atoms in total. The Morgan fingerprint density at radius 1 is 1.33 bits per heavy atom. The molecule has 0 saturated heterocycles. The minimum Gasteiger partial charge on any atom is -0.877 e. The van der Waals surface area contributed by atoms with Gasteiger partial charge in [0.2, 0.25) is 0 Å². The molecule has 0 amide bonds. The van der Waals surface area contributed by atoms with E-state index >= 15 is 0 Å². The molecule has 0 radical (unpaired) electrons. The zero-order valence-electron chi connectivity index (χ0n) is 6.78. The maximum atomic E-state index is 10.4. The molecule has 0 aliphatic rings. The fraction of sp³-hybridized carbons (Fsp3) is 0.100. The third-order valence-electron chi connectivity index (χ3n) is 1.64. The summed E-state index contributed by atoms with van der Waals surface area (Å²) in [6.45, 7) is 1.95. The first kappa shape index (κ1) is 8.53. The van der Waals surface area contributed by atoms with Gasteiger partial charge in [-0.25, -0.2) is 0 Å². The number of aryl methyl sites for hydroxylation is 1. The number of carbonyl (C=O) groups excluding carboxylic acids is 1. The van der Waals surface area contributed by atoms with E-state index in [1.54, 1.807) is 12.1 Å². The molecule has 1 aromatic rings. The van der Waals surface area contributed by atoms with Gasteiger partial charge in [0.05, 0.1) is 0 Å². The van der Waals surface area contributed by atoms with Crippen molar-refractivity contribution < 1.29 is 9.90 Å². The number of hydrogen-bond donors (Lipinski definition) is 0. The van der Waals surface area contributed by atoms with E-state index < -0.39 is 0 Å². The SMILES string of the molecule is Cc1ccc(/C(C=O)=C\[O-])cc1. The summed E-state index contributed by atoms with van der Waals surface area (Å²) in [5.41, 5.74) is 1.97. The largest absolute Gasteiger partial charge is 0.877 e. The van der Waals surface area contributed by atoms with Gasteiger partial charge in [0, 0.05) is 5.57 Å². The lowest BCUT2D eigenvalue weighted by Crippen LogP contribution is -1.94. The van der Waals surface area contributed by atoms with Crippen molar-refractivity contribution in [3.8, 4) is 0 Å². The highest BCUT2D eigenvalue weighted by Gasteiger charge is 1.95. The molecule has 0 heterocycles. The number of hydrogen-bond acceptors (Lipinski definition) is 2. The molecule has 0 aliphatic carbocycles. The van der Waals surface area contributed by atoms with Gasteiger partial charge >= 0.3 is 0 Å². The van der Waals surface area contributed by atoms with Gasteiger partial charge in [-0.3, -0.25) is 4.79 Å². The van der Waals surface area contributed by atoms with Crippen molar-refractivity contribution in [3.63, 3.8) is 0 Å². The minimum atomic E-state index is 0.190. The van der Waals surface area contributed by atoms with Crippen LogP contribution in [0.2, 0.25) is 0 Å². The highest BCUT2D eigenvalue weighted by atomic mass is 16.2. The van der Waals surface area contributed by atoms with E-state index in [2.05, 4.69) is 0 Å². The Balaban J connectivity index is 3.04. The molecule has 0 spiro atoms. The summed E-state index contributed by atoms with van der Waals surface area (Å²) >= 11 is 0. The van der Waals surface area contributed by atoms with Crippen molar-refractivity contribution in [1.29, 1.82) is 0 Å². The molecule has 1 aromatic carbocycles. The Labute approximate surface area is 71.2 Å². The topological polar surface area (TPSA) is 40.1 Å². The van der Waals surface area contributed by atoms with Crippen molar-refractivity contribution in [2.45, 2.75) is 6.92 Å². The molecule has 0 N–H and O–H groups in total. The summed E-state index contributed by atoms with van der Waals surface area (Å²) in [5, 5.41) is 10.4. The van der Waals surface area contributed by atoms with Crippen LogP contribution in [0.1, 0.15) is 11.1 Å². The van der Waals surface area contributed by atoms with Gasteiger partial charge in [-0.15, -0.1) is 6.26 Å². The molecule has 0 aromatic heterocycles. The van der Waals surface area contributed by atoms with Crippen LogP contribution in [0.4, 0.5) is 0 Å². The van der Waals surface area contributed by atoms with Crippen molar-refractivity contribution in [2.24, 2.45) is 0 Å². The minimum absolute atomic E-state index is 0.190. The Morgan fingerprint density at radius 3 is 2.33 bits per heavy atom. The van der Waals surface area contributed by atoms with Crippen LogP contribution >= 0.6 is 0 Å². The number of benzene rings is 1. The van der Waals surface area contributed by atoms with Crippen molar-refractivity contribution in [1.82, 2.24) is 0 Å². The molecule has 12 heavy (non-hydrogen) atoms. The normalized spacial score (nSPS) is 11.2. The van der Waals surface area contributed by atoms with Crippen LogP contribution in [0.15, 0.2) is 30.5 Å². The van der Waals surface area contributed by atoms with E-state index in [0.29, 0.717) is 18.1 Å². The van der Waals surface area contributed by atoms with Crippen molar-refractivity contribution in [3.05, 3.63) is 41.7 Å². The van der Waals surface area contributed by atoms with Crippen LogP contribution in [0.25, 0.3) is 5.57 Å². The molecule has 2 heteroatoms. The number of rotatable bonds is 2. The van der Waals surface area contributed by atoms with Crippen molar-refractivity contribution in [2.75, 3.05) is 0 Å².